The van der Waals surface area contributed by atoms with Crippen molar-refractivity contribution in [3.8, 4) is 0 Å². The van der Waals surface area contributed by atoms with E-state index >= 15 is 0 Å². The summed E-state index contributed by atoms with van der Waals surface area (Å²) in [5.74, 6) is 0.314. The van der Waals surface area contributed by atoms with E-state index in [1.165, 1.54) is 93.3 Å². The van der Waals surface area contributed by atoms with Gasteiger partial charge in [0, 0.05) is 11.9 Å². The first-order chi connectivity index (χ1) is 14.1. The molecule has 0 radical (unpaired) electrons. The van der Waals surface area contributed by atoms with E-state index < -0.39 is 0 Å². The van der Waals surface area contributed by atoms with Crippen LogP contribution in [0.2, 0.25) is 0 Å². The van der Waals surface area contributed by atoms with Crippen molar-refractivity contribution in [2.75, 3.05) is 6.54 Å². The van der Waals surface area contributed by atoms with Crippen molar-refractivity contribution in [1.82, 2.24) is 4.90 Å². The van der Waals surface area contributed by atoms with Crippen LogP contribution in [0.4, 0.5) is 0 Å². The van der Waals surface area contributed by atoms with Gasteiger partial charge in [0.1, 0.15) is 0 Å². The number of unbranched alkanes of at least 4 members (excludes halogenated alkanes) is 10. The van der Waals surface area contributed by atoms with Gasteiger partial charge in [-0.2, -0.15) is 0 Å². The lowest BCUT2D eigenvalue weighted by atomic mass is 9.93. The third-order valence-corrected chi connectivity index (χ3v) is 8.12. The van der Waals surface area contributed by atoms with Gasteiger partial charge in [0.2, 0.25) is 0 Å². The molecule has 1 aliphatic heterocycles. The van der Waals surface area contributed by atoms with E-state index in [9.17, 15) is 9.59 Å². The Labute approximate surface area is 195 Å². The minimum Gasteiger partial charge on any atom is -0.274 e. The zero-order valence-corrected chi connectivity index (χ0v) is 21.3. The highest BCUT2D eigenvalue weighted by Gasteiger charge is 2.39. The van der Waals surface area contributed by atoms with Crippen LogP contribution >= 0.6 is 33.9 Å². The maximum atomic E-state index is 12.8. The molecule has 3 nitrogen and oxygen atoms in total. The second-order valence-electron chi connectivity index (χ2n) is 8.50. The minimum atomic E-state index is -0.0707. The van der Waals surface area contributed by atoms with E-state index in [0.29, 0.717) is 23.6 Å². The number of thiophene rings is 1. The van der Waals surface area contributed by atoms with E-state index in [0.717, 1.165) is 15.7 Å². The summed E-state index contributed by atoms with van der Waals surface area (Å²) in [5, 5.41) is 1.85. The van der Waals surface area contributed by atoms with Gasteiger partial charge in [-0.15, -0.1) is 11.3 Å². The monoisotopic (exact) mass is 531 g/mol. The maximum absolute atomic E-state index is 12.8. The smallest absolute Gasteiger partial charge is 0.263 e. The van der Waals surface area contributed by atoms with E-state index in [1.807, 2.05) is 5.38 Å². The highest BCUT2D eigenvalue weighted by atomic mass is 127. The summed E-state index contributed by atoms with van der Waals surface area (Å²) in [6, 6.07) is 0. The Morgan fingerprint density at radius 2 is 1.34 bits per heavy atom. The summed E-state index contributed by atoms with van der Waals surface area (Å²) < 4.78 is 0.945. The van der Waals surface area contributed by atoms with Crippen LogP contribution in [0, 0.1) is 8.80 Å². The first-order valence-corrected chi connectivity index (χ1v) is 13.7. The Kier molecular flexibility index (Phi) is 11.8. The summed E-state index contributed by atoms with van der Waals surface area (Å²) >= 11 is 3.68. The molecule has 0 saturated carbocycles. The quantitative estimate of drug-likeness (QED) is 0.123. The summed E-state index contributed by atoms with van der Waals surface area (Å²) in [6.07, 6.45) is 17.9. The van der Waals surface area contributed by atoms with Crippen molar-refractivity contribution >= 4 is 45.7 Å². The standard InChI is InChI=1S/C24H38INO2S/c1-3-5-7-9-10-11-12-14-16-19(15-13-8-6-4-2)17-26-23(27)20-18-29-22(25)21(20)24(26)28/h18-19H,3-17H2,1-2H3. The molecule has 29 heavy (non-hydrogen) atoms. The fourth-order valence-electron chi connectivity index (χ4n) is 4.24. The van der Waals surface area contributed by atoms with Gasteiger partial charge in [-0.25, -0.2) is 0 Å². The predicted octanol–water partition coefficient (Wildman–Crippen LogP) is 8.07. The molecule has 0 aromatic carbocycles. The largest absolute Gasteiger partial charge is 0.274 e. The van der Waals surface area contributed by atoms with Crippen LogP contribution in [0.5, 0.6) is 0 Å². The molecular weight excluding hydrogens is 493 g/mol. The number of amides is 2. The molecule has 1 aromatic rings. The Hall–Kier alpha value is -0.430. The summed E-state index contributed by atoms with van der Waals surface area (Å²) in [6.45, 7) is 5.10. The van der Waals surface area contributed by atoms with Gasteiger partial charge < -0.3 is 0 Å². The molecule has 2 rings (SSSR count). The molecule has 1 unspecified atom stereocenters. The van der Waals surface area contributed by atoms with Crippen molar-refractivity contribution in [2.24, 2.45) is 5.92 Å². The van der Waals surface area contributed by atoms with E-state index in [2.05, 4.69) is 36.4 Å². The zero-order chi connectivity index (χ0) is 21.1. The van der Waals surface area contributed by atoms with Crippen LogP contribution in [0.1, 0.15) is 124 Å². The number of hydrogen-bond acceptors (Lipinski definition) is 3. The molecule has 1 aromatic heterocycles. The molecule has 2 heterocycles. The molecule has 1 atom stereocenters. The number of nitrogens with zero attached hydrogens (tertiary/aromatic N) is 1. The third kappa shape index (κ3) is 7.64. The van der Waals surface area contributed by atoms with Crippen molar-refractivity contribution < 1.29 is 9.59 Å². The van der Waals surface area contributed by atoms with Crippen LogP contribution in [-0.4, -0.2) is 23.3 Å². The van der Waals surface area contributed by atoms with E-state index in [1.54, 1.807) is 0 Å². The number of carbonyl (C=O) groups is 2. The predicted molar refractivity (Wildman–Crippen MR) is 132 cm³/mol. The highest BCUT2D eigenvalue weighted by Crippen LogP contribution is 2.33. The summed E-state index contributed by atoms with van der Waals surface area (Å²) in [4.78, 5) is 27.1. The van der Waals surface area contributed by atoms with Gasteiger partial charge in [0.05, 0.1) is 14.0 Å². The number of hydrogen-bond donors (Lipinski definition) is 0. The van der Waals surface area contributed by atoms with E-state index in [-0.39, 0.29) is 11.8 Å². The molecular formula is C24H38INO2S. The first-order valence-electron chi connectivity index (χ1n) is 11.7. The van der Waals surface area contributed by atoms with Gasteiger partial charge in [0.25, 0.3) is 11.8 Å². The molecule has 0 fully saturated rings. The lowest BCUT2D eigenvalue weighted by Crippen LogP contribution is -2.35. The second kappa shape index (κ2) is 13.8. The van der Waals surface area contributed by atoms with Crippen LogP contribution in [0.25, 0.3) is 0 Å². The Morgan fingerprint density at radius 3 is 1.90 bits per heavy atom. The van der Waals surface area contributed by atoms with Crippen molar-refractivity contribution in [1.29, 1.82) is 0 Å². The SMILES string of the molecule is CCCCCCCCCCC(CCCCCC)CN1C(=O)c2csc(I)c2C1=O. The molecule has 0 bridgehead atoms. The molecule has 164 valence electrons. The lowest BCUT2D eigenvalue weighted by molar-refractivity contribution is 0.0621. The summed E-state index contributed by atoms with van der Waals surface area (Å²) in [7, 11) is 0. The fraction of sp³-hybridized carbons (Fsp3) is 0.750. The number of halogens is 1. The van der Waals surface area contributed by atoms with E-state index in [4.69, 9.17) is 0 Å². The third-order valence-electron chi connectivity index (χ3n) is 6.05. The molecule has 2 amide bonds. The molecule has 5 heteroatoms. The summed E-state index contributed by atoms with van der Waals surface area (Å²) in [5.41, 5.74) is 1.28. The van der Waals surface area contributed by atoms with Crippen LogP contribution in [-0.2, 0) is 0 Å². The number of rotatable bonds is 16. The molecule has 0 aliphatic carbocycles. The van der Waals surface area contributed by atoms with Gasteiger partial charge in [-0.05, 0) is 41.4 Å². The average molecular weight is 532 g/mol. The van der Waals surface area contributed by atoms with Crippen LogP contribution in [0.3, 0.4) is 0 Å². The molecule has 0 saturated heterocycles. The normalized spacial score (nSPS) is 14.7. The van der Waals surface area contributed by atoms with Crippen molar-refractivity contribution in [2.45, 2.75) is 104 Å². The topological polar surface area (TPSA) is 37.4 Å². The molecule has 0 N–H and O–H groups in total. The lowest BCUT2D eigenvalue weighted by Gasteiger charge is -2.23. The Balaban J connectivity index is 1.81. The average Bonchev–Trinajstić information content (AvgIpc) is 3.20. The molecule has 0 spiro atoms. The Bertz CT molecular complexity index is 643. The molecule has 1 aliphatic rings. The van der Waals surface area contributed by atoms with Crippen LogP contribution in [0.15, 0.2) is 5.38 Å². The van der Waals surface area contributed by atoms with Gasteiger partial charge >= 0.3 is 0 Å². The zero-order valence-electron chi connectivity index (χ0n) is 18.3. The number of carbonyl (C=O) groups excluding carboxylic acids is 2. The highest BCUT2D eigenvalue weighted by molar-refractivity contribution is 14.1. The minimum absolute atomic E-state index is 0.0647. The van der Waals surface area contributed by atoms with Gasteiger partial charge in [-0.1, -0.05) is 90.9 Å². The van der Waals surface area contributed by atoms with Crippen LogP contribution < -0.4 is 0 Å². The second-order valence-corrected chi connectivity index (χ2v) is 11.2. The number of imide groups is 1. The van der Waals surface area contributed by atoms with Gasteiger partial charge in [0.15, 0.2) is 0 Å². The van der Waals surface area contributed by atoms with Crippen molar-refractivity contribution in [3.05, 3.63) is 19.4 Å². The number of fused-ring (bicyclic) bond motifs is 1. The first kappa shape index (κ1) is 24.8. The van der Waals surface area contributed by atoms with Gasteiger partial charge in [-0.3, -0.25) is 14.5 Å². The Morgan fingerprint density at radius 1 is 0.828 bits per heavy atom. The van der Waals surface area contributed by atoms with Crippen molar-refractivity contribution in [3.63, 3.8) is 0 Å². The fourth-order valence-corrected chi connectivity index (χ4v) is 5.90. The maximum Gasteiger partial charge on any atom is 0.263 e.